The second-order valence-corrected chi connectivity index (χ2v) is 5.26. The minimum absolute atomic E-state index is 0.00546. The molecule has 2 atom stereocenters. The molecule has 2 heteroatoms. The molecular formula is C14H29NO. The molecule has 16 heavy (non-hydrogen) atoms. The lowest BCUT2D eigenvalue weighted by Gasteiger charge is -2.42. The first-order chi connectivity index (χ1) is 7.68. The predicted octanol–water partition coefficient (Wildman–Crippen LogP) is 3.36. The highest BCUT2D eigenvalue weighted by Gasteiger charge is 2.37. The van der Waals surface area contributed by atoms with Crippen LogP contribution in [0.4, 0.5) is 0 Å². The van der Waals surface area contributed by atoms with Crippen molar-refractivity contribution in [1.82, 2.24) is 5.32 Å². The molecule has 0 radical (unpaired) electrons. The fourth-order valence-corrected chi connectivity index (χ4v) is 3.25. The zero-order valence-corrected chi connectivity index (χ0v) is 11.5. The van der Waals surface area contributed by atoms with Crippen LogP contribution in [-0.4, -0.2) is 25.3 Å². The van der Waals surface area contributed by atoms with Gasteiger partial charge in [-0.25, -0.2) is 0 Å². The average Bonchev–Trinajstić information content (AvgIpc) is 2.31. The van der Waals surface area contributed by atoms with E-state index in [-0.39, 0.29) is 5.60 Å². The van der Waals surface area contributed by atoms with Crippen LogP contribution >= 0.6 is 0 Å². The van der Waals surface area contributed by atoms with Crippen LogP contribution in [0.25, 0.3) is 0 Å². The molecule has 1 aliphatic rings. The van der Waals surface area contributed by atoms with E-state index in [1.165, 1.54) is 32.1 Å². The van der Waals surface area contributed by atoms with E-state index in [4.69, 9.17) is 4.74 Å². The Labute approximate surface area is 101 Å². The summed E-state index contributed by atoms with van der Waals surface area (Å²) in [5.74, 6) is 0.801. The van der Waals surface area contributed by atoms with Crippen molar-refractivity contribution in [2.24, 2.45) is 5.92 Å². The molecule has 1 fully saturated rings. The van der Waals surface area contributed by atoms with Crippen LogP contribution in [-0.2, 0) is 4.74 Å². The third-order valence-electron chi connectivity index (χ3n) is 4.27. The standard InChI is InChI=1S/C14H29NO/c1-5-14(3,16-6-2)13(15-4)12-10-8-7-9-11-12/h12-13,15H,5-11H2,1-4H3. The summed E-state index contributed by atoms with van der Waals surface area (Å²) >= 11 is 0. The van der Waals surface area contributed by atoms with E-state index < -0.39 is 0 Å². The van der Waals surface area contributed by atoms with E-state index in [1.54, 1.807) is 0 Å². The SMILES string of the molecule is CCOC(C)(CC)C(NC)C1CCCCC1. The maximum absolute atomic E-state index is 6.02. The van der Waals surface area contributed by atoms with Gasteiger partial charge in [0.25, 0.3) is 0 Å². The minimum Gasteiger partial charge on any atom is -0.374 e. The summed E-state index contributed by atoms with van der Waals surface area (Å²) in [7, 11) is 2.09. The van der Waals surface area contributed by atoms with E-state index in [1.807, 2.05) is 0 Å². The fraction of sp³-hybridized carbons (Fsp3) is 1.00. The van der Waals surface area contributed by atoms with Crippen molar-refractivity contribution >= 4 is 0 Å². The first kappa shape index (κ1) is 14.0. The Balaban J connectivity index is 2.68. The Morgan fingerprint density at radius 3 is 2.31 bits per heavy atom. The zero-order chi connectivity index (χ0) is 12.0. The zero-order valence-electron chi connectivity index (χ0n) is 11.5. The lowest BCUT2D eigenvalue weighted by Crippen LogP contribution is -2.53. The van der Waals surface area contributed by atoms with Gasteiger partial charge in [-0.1, -0.05) is 26.2 Å². The Bertz CT molecular complexity index is 189. The molecule has 1 aliphatic carbocycles. The van der Waals surface area contributed by atoms with Crippen LogP contribution < -0.4 is 5.32 Å². The number of likely N-dealkylation sites (N-methyl/N-ethyl adjacent to an activating group) is 1. The van der Waals surface area contributed by atoms with E-state index in [2.05, 4.69) is 33.1 Å². The topological polar surface area (TPSA) is 21.3 Å². The van der Waals surface area contributed by atoms with Gasteiger partial charge in [0.05, 0.1) is 5.60 Å². The molecule has 0 spiro atoms. The van der Waals surface area contributed by atoms with Crippen LogP contribution in [0.3, 0.4) is 0 Å². The third kappa shape index (κ3) is 3.21. The summed E-state index contributed by atoms with van der Waals surface area (Å²) in [5, 5.41) is 3.52. The second-order valence-electron chi connectivity index (χ2n) is 5.26. The molecule has 0 aromatic heterocycles. The maximum Gasteiger partial charge on any atom is 0.0806 e. The number of ether oxygens (including phenoxy) is 1. The molecule has 0 aromatic rings. The minimum atomic E-state index is 0.00546. The van der Waals surface area contributed by atoms with Crippen LogP contribution in [0.15, 0.2) is 0 Å². The molecule has 0 aromatic carbocycles. The van der Waals surface area contributed by atoms with Crippen molar-refractivity contribution < 1.29 is 4.74 Å². The summed E-state index contributed by atoms with van der Waals surface area (Å²) in [6.45, 7) is 7.42. The lowest BCUT2D eigenvalue weighted by molar-refractivity contribution is -0.0711. The third-order valence-corrected chi connectivity index (χ3v) is 4.27. The van der Waals surface area contributed by atoms with Gasteiger partial charge in [0, 0.05) is 12.6 Å². The molecule has 2 unspecified atom stereocenters. The molecule has 2 nitrogen and oxygen atoms in total. The van der Waals surface area contributed by atoms with Crippen LogP contribution in [0.1, 0.15) is 59.3 Å². The van der Waals surface area contributed by atoms with Gasteiger partial charge in [-0.05, 0) is 46.1 Å². The van der Waals surface area contributed by atoms with Gasteiger partial charge in [-0.2, -0.15) is 0 Å². The quantitative estimate of drug-likeness (QED) is 0.751. The number of rotatable bonds is 6. The van der Waals surface area contributed by atoms with Crippen molar-refractivity contribution in [3.8, 4) is 0 Å². The lowest BCUT2D eigenvalue weighted by atomic mass is 9.76. The monoisotopic (exact) mass is 227 g/mol. The van der Waals surface area contributed by atoms with E-state index in [0.29, 0.717) is 6.04 Å². The van der Waals surface area contributed by atoms with Crippen LogP contribution in [0.2, 0.25) is 0 Å². The van der Waals surface area contributed by atoms with Crippen molar-refractivity contribution in [2.75, 3.05) is 13.7 Å². The highest BCUT2D eigenvalue weighted by molar-refractivity contribution is 4.93. The van der Waals surface area contributed by atoms with Crippen LogP contribution in [0.5, 0.6) is 0 Å². The second kappa shape index (κ2) is 6.61. The number of nitrogens with one attached hydrogen (secondary N) is 1. The molecule has 1 rings (SSSR count). The smallest absolute Gasteiger partial charge is 0.0806 e. The van der Waals surface area contributed by atoms with Crippen molar-refractivity contribution in [3.05, 3.63) is 0 Å². The van der Waals surface area contributed by atoms with E-state index >= 15 is 0 Å². The highest BCUT2D eigenvalue weighted by Crippen LogP contribution is 2.34. The summed E-state index contributed by atoms with van der Waals surface area (Å²) in [4.78, 5) is 0. The Kier molecular flexibility index (Phi) is 5.77. The Morgan fingerprint density at radius 2 is 1.88 bits per heavy atom. The first-order valence-corrected chi connectivity index (χ1v) is 6.99. The molecule has 0 aliphatic heterocycles. The summed E-state index contributed by atoms with van der Waals surface area (Å²) in [5.41, 5.74) is 0.00546. The summed E-state index contributed by atoms with van der Waals surface area (Å²) in [6.07, 6.45) is 8.04. The molecule has 0 amide bonds. The predicted molar refractivity (Wildman–Crippen MR) is 69.7 cm³/mol. The van der Waals surface area contributed by atoms with E-state index in [0.717, 1.165) is 18.9 Å². The number of hydrogen-bond donors (Lipinski definition) is 1. The first-order valence-electron chi connectivity index (χ1n) is 6.99. The van der Waals surface area contributed by atoms with E-state index in [9.17, 15) is 0 Å². The largest absolute Gasteiger partial charge is 0.374 e. The van der Waals surface area contributed by atoms with Gasteiger partial charge in [0.2, 0.25) is 0 Å². The van der Waals surface area contributed by atoms with Gasteiger partial charge in [-0.3, -0.25) is 0 Å². The average molecular weight is 227 g/mol. The summed E-state index contributed by atoms with van der Waals surface area (Å²) < 4.78 is 6.02. The normalized spacial score (nSPS) is 24.0. The van der Waals surface area contributed by atoms with Crippen molar-refractivity contribution in [1.29, 1.82) is 0 Å². The van der Waals surface area contributed by atoms with Crippen molar-refractivity contribution in [2.45, 2.75) is 70.9 Å². The molecule has 0 bridgehead atoms. The van der Waals surface area contributed by atoms with Gasteiger partial charge in [0.15, 0.2) is 0 Å². The molecule has 1 N–H and O–H groups in total. The number of hydrogen-bond acceptors (Lipinski definition) is 2. The molecule has 1 saturated carbocycles. The van der Waals surface area contributed by atoms with Gasteiger partial charge in [-0.15, -0.1) is 0 Å². The fourth-order valence-electron chi connectivity index (χ4n) is 3.25. The van der Waals surface area contributed by atoms with Gasteiger partial charge < -0.3 is 10.1 Å². The molecular weight excluding hydrogens is 198 g/mol. The molecule has 0 saturated heterocycles. The summed E-state index contributed by atoms with van der Waals surface area (Å²) in [6, 6.07) is 0.512. The van der Waals surface area contributed by atoms with Crippen LogP contribution in [0, 0.1) is 5.92 Å². The Hall–Kier alpha value is -0.0800. The van der Waals surface area contributed by atoms with Gasteiger partial charge >= 0.3 is 0 Å². The van der Waals surface area contributed by atoms with Crippen molar-refractivity contribution in [3.63, 3.8) is 0 Å². The van der Waals surface area contributed by atoms with Gasteiger partial charge in [0.1, 0.15) is 0 Å². The highest BCUT2D eigenvalue weighted by atomic mass is 16.5. The maximum atomic E-state index is 6.02. The molecule has 96 valence electrons. The Morgan fingerprint density at radius 1 is 1.25 bits per heavy atom. The molecule has 0 heterocycles.